The standard InChI is InChI=1S/C23H27N5O3Si/c1-27-20-10-16(5-6-17(20)13-25-27)23(30)26-22-11-21-18(12-24-22)9-19(14-29)28(21)15-31-7-8-32(2,3)4/h5-6,9-14H,7-8,15H2,1-4H3,(H,24,26,30). The molecular formula is C23H27N5O3Si. The molecule has 3 aromatic heterocycles. The highest BCUT2D eigenvalue weighted by Gasteiger charge is 2.15. The zero-order valence-electron chi connectivity index (χ0n) is 18.8. The molecule has 0 bridgehead atoms. The maximum Gasteiger partial charge on any atom is 0.256 e. The van der Waals surface area contributed by atoms with Crippen LogP contribution in [-0.4, -0.2) is 46.2 Å². The van der Waals surface area contributed by atoms with Crippen molar-refractivity contribution in [3.63, 3.8) is 0 Å². The van der Waals surface area contributed by atoms with Crippen LogP contribution in [0.2, 0.25) is 25.7 Å². The van der Waals surface area contributed by atoms with Crippen LogP contribution in [0, 0.1) is 0 Å². The summed E-state index contributed by atoms with van der Waals surface area (Å²) >= 11 is 0. The van der Waals surface area contributed by atoms with Gasteiger partial charge >= 0.3 is 0 Å². The number of hydrogen-bond acceptors (Lipinski definition) is 5. The fraction of sp³-hybridized carbons (Fsp3) is 0.304. The lowest BCUT2D eigenvalue weighted by atomic mass is 10.1. The van der Waals surface area contributed by atoms with Crippen molar-refractivity contribution in [2.24, 2.45) is 7.05 Å². The summed E-state index contributed by atoms with van der Waals surface area (Å²) in [6.07, 6.45) is 4.22. The van der Waals surface area contributed by atoms with Crippen LogP contribution in [0.15, 0.2) is 42.7 Å². The van der Waals surface area contributed by atoms with Crippen LogP contribution in [0.4, 0.5) is 5.82 Å². The topological polar surface area (TPSA) is 91.0 Å². The molecule has 0 saturated heterocycles. The maximum absolute atomic E-state index is 12.8. The van der Waals surface area contributed by atoms with Gasteiger partial charge in [-0.05, 0) is 24.2 Å². The van der Waals surface area contributed by atoms with Crippen LogP contribution >= 0.6 is 0 Å². The van der Waals surface area contributed by atoms with Gasteiger partial charge in [-0.2, -0.15) is 5.10 Å². The van der Waals surface area contributed by atoms with Crippen LogP contribution in [0.25, 0.3) is 21.8 Å². The third kappa shape index (κ3) is 4.63. The van der Waals surface area contributed by atoms with E-state index in [1.807, 2.05) is 17.7 Å². The van der Waals surface area contributed by atoms with E-state index in [0.29, 0.717) is 23.7 Å². The molecule has 32 heavy (non-hydrogen) atoms. The van der Waals surface area contributed by atoms with Gasteiger partial charge in [-0.25, -0.2) is 4.98 Å². The van der Waals surface area contributed by atoms with E-state index in [1.165, 1.54) is 0 Å². The second-order valence-corrected chi connectivity index (χ2v) is 14.7. The number of nitrogens with one attached hydrogen (secondary N) is 1. The molecule has 4 rings (SSSR count). The fourth-order valence-corrected chi connectivity index (χ4v) is 4.25. The molecule has 0 atom stereocenters. The number of hydrogen-bond donors (Lipinski definition) is 1. The van der Waals surface area contributed by atoms with Crippen molar-refractivity contribution in [3.8, 4) is 0 Å². The summed E-state index contributed by atoms with van der Waals surface area (Å²) in [4.78, 5) is 28.7. The van der Waals surface area contributed by atoms with Crippen molar-refractivity contribution in [3.05, 3.63) is 54.0 Å². The first kappa shape index (κ1) is 21.9. The Balaban J connectivity index is 1.55. The number of aromatic nitrogens is 4. The van der Waals surface area contributed by atoms with E-state index in [4.69, 9.17) is 4.74 Å². The van der Waals surface area contributed by atoms with Crippen LogP contribution < -0.4 is 5.32 Å². The first-order chi connectivity index (χ1) is 15.2. The van der Waals surface area contributed by atoms with Gasteiger partial charge in [0.2, 0.25) is 0 Å². The molecule has 0 aliphatic rings. The zero-order chi connectivity index (χ0) is 22.9. The second-order valence-electron chi connectivity index (χ2n) is 9.09. The minimum atomic E-state index is -1.20. The molecule has 1 aromatic carbocycles. The number of ether oxygens (including phenoxy) is 1. The molecule has 0 fully saturated rings. The summed E-state index contributed by atoms with van der Waals surface area (Å²) < 4.78 is 9.40. The first-order valence-electron chi connectivity index (χ1n) is 10.5. The van der Waals surface area contributed by atoms with Crippen molar-refractivity contribution in [2.75, 3.05) is 11.9 Å². The number of aryl methyl sites for hydroxylation is 1. The number of pyridine rings is 1. The van der Waals surface area contributed by atoms with Crippen molar-refractivity contribution in [1.29, 1.82) is 0 Å². The Bertz CT molecular complexity index is 1300. The third-order valence-electron chi connectivity index (χ3n) is 5.41. The molecule has 8 nitrogen and oxygen atoms in total. The second kappa shape index (κ2) is 8.68. The summed E-state index contributed by atoms with van der Waals surface area (Å²) in [6, 6.07) is 10.0. The first-order valence-corrected chi connectivity index (χ1v) is 14.2. The van der Waals surface area contributed by atoms with Gasteiger partial charge < -0.3 is 14.6 Å². The third-order valence-corrected chi connectivity index (χ3v) is 7.11. The van der Waals surface area contributed by atoms with Gasteiger partial charge in [0.15, 0.2) is 6.29 Å². The lowest BCUT2D eigenvalue weighted by Gasteiger charge is -2.16. The van der Waals surface area contributed by atoms with Crippen molar-refractivity contribution < 1.29 is 14.3 Å². The number of nitrogens with zero attached hydrogens (tertiary/aromatic N) is 4. The number of carbonyl (C=O) groups is 2. The Morgan fingerprint density at radius 2 is 1.94 bits per heavy atom. The molecule has 0 spiro atoms. The van der Waals surface area contributed by atoms with Crippen molar-refractivity contribution in [1.82, 2.24) is 19.3 Å². The maximum atomic E-state index is 12.8. The average Bonchev–Trinajstić information content (AvgIpc) is 3.30. The van der Waals surface area contributed by atoms with Crippen LogP contribution in [0.1, 0.15) is 20.8 Å². The van der Waals surface area contributed by atoms with Crippen molar-refractivity contribution in [2.45, 2.75) is 32.4 Å². The van der Waals surface area contributed by atoms with E-state index in [-0.39, 0.29) is 12.6 Å². The summed E-state index contributed by atoms with van der Waals surface area (Å²) in [7, 11) is 0.640. The number of anilines is 1. The lowest BCUT2D eigenvalue weighted by molar-refractivity contribution is 0.0863. The summed E-state index contributed by atoms with van der Waals surface area (Å²) in [5, 5.41) is 8.85. The van der Waals surface area contributed by atoms with E-state index in [2.05, 4.69) is 35.0 Å². The molecule has 1 N–H and O–H groups in total. The Morgan fingerprint density at radius 1 is 1.12 bits per heavy atom. The van der Waals surface area contributed by atoms with Crippen LogP contribution in [0.5, 0.6) is 0 Å². The zero-order valence-corrected chi connectivity index (χ0v) is 19.8. The predicted molar refractivity (Wildman–Crippen MR) is 128 cm³/mol. The minimum absolute atomic E-state index is 0.264. The Morgan fingerprint density at radius 3 is 2.69 bits per heavy atom. The Labute approximate surface area is 187 Å². The molecule has 0 unspecified atom stereocenters. The minimum Gasteiger partial charge on any atom is -0.361 e. The molecule has 0 aliphatic carbocycles. The number of aldehydes is 1. The molecule has 3 heterocycles. The molecule has 166 valence electrons. The Hall–Kier alpha value is -3.30. The van der Waals surface area contributed by atoms with Gasteiger partial charge in [0, 0.05) is 50.3 Å². The largest absolute Gasteiger partial charge is 0.361 e. The lowest BCUT2D eigenvalue weighted by Crippen LogP contribution is -2.22. The van der Waals surface area contributed by atoms with E-state index >= 15 is 0 Å². The van der Waals surface area contributed by atoms with E-state index < -0.39 is 8.07 Å². The highest BCUT2D eigenvalue weighted by atomic mass is 28.3. The van der Waals surface area contributed by atoms with Crippen molar-refractivity contribution >= 4 is 47.9 Å². The number of benzene rings is 1. The summed E-state index contributed by atoms with van der Waals surface area (Å²) in [5.41, 5.74) is 2.69. The van der Waals surface area contributed by atoms with Crippen LogP contribution in [-0.2, 0) is 18.5 Å². The van der Waals surface area contributed by atoms with Gasteiger partial charge in [-0.15, -0.1) is 0 Å². The molecule has 0 aliphatic heterocycles. The molecule has 4 aromatic rings. The van der Waals surface area contributed by atoms with E-state index in [0.717, 1.165) is 34.1 Å². The highest BCUT2D eigenvalue weighted by molar-refractivity contribution is 6.76. The van der Waals surface area contributed by atoms with Gasteiger partial charge in [0.05, 0.1) is 22.9 Å². The molecule has 0 saturated carbocycles. The highest BCUT2D eigenvalue weighted by Crippen LogP contribution is 2.22. The molecule has 0 radical (unpaired) electrons. The molecule has 1 amide bonds. The quantitative estimate of drug-likeness (QED) is 0.246. The average molecular weight is 450 g/mol. The van der Waals surface area contributed by atoms with Gasteiger partial charge in [0.1, 0.15) is 12.5 Å². The van der Waals surface area contributed by atoms with E-state index in [1.54, 1.807) is 41.3 Å². The van der Waals surface area contributed by atoms with E-state index in [9.17, 15) is 9.59 Å². The normalized spacial score (nSPS) is 11.9. The molecule has 9 heteroatoms. The van der Waals surface area contributed by atoms with Gasteiger partial charge in [0.25, 0.3) is 5.91 Å². The van der Waals surface area contributed by atoms with Gasteiger partial charge in [-0.3, -0.25) is 14.3 Å². The molecular weight excluding hydrogens is 422 g/mol. The monoisotopic (exact) mass is 449 g/mol. The number of amides is 1. The van der Waals surface area contributed by atoms with Gasteiger partial charge in [-0.1, -0.05) is 25.7 Å². The predicted octanol–water partition coefficient (Wildman–Crippen LogP) is 4.30. The number of rotatable bonds is 8. The Kier molecular flexibility index (Phi) is 5.94. The van der Waals surface area contributed by atoms with Crippen LogP contribution in [0.3, 0.4) is 0 Å². The number of carbonyl (C=O) groups excluding carboxylic acids is 2. The fourth-order valence-electron chi connectivity index (χ4n) is 3.49. The summed E-state index contributed by atoms with van der Waals surface area (Å²) in [5.74, 6) is 0.145. The number of fused-ring (bicyclic) bond motifs is 2. The SMILES string of the molecule is Cn1ncc2ccc(C(=O)Nc3cc4c(cn3)cc(C=O)n4COCC[Si](C)(C)C)cc21. The smallest absolute Gasteiger partial charge is 0.256 e. The summed E-state index contributed by atoms with van der Waals surface area (Å²) in [6.45, 7) is 7.82.